The number of hydrogen-bond acceptors (Lipinski definition) is 5. The first-order valence-corrected chi connectivity index (χ1v) is 11.7. The predicted molar refractivity (Wildman–Crippen MR) is 122 cm³/mol. The normalized spacial score (nSPS) is 12.8. The summed E-state index contributed by atoms with van der Waals surface area (Å²) >= 11 is 0. The molecule has 0 radical (unpaired) electrons. The minimum absolute atomic E-state index is 0.000205. The van der Waals surface area contributed by atoms with Crippen LogP contribution in [0.3, 0.4) is 0 Å². The molecule has 1 amide bonds. The van der Waals surface area contributed by atoms with Gasteiger partial charge in [-0.1, -0.05) is 26.0 Å². The monoisotopic (exact) mass is 458 g/mol. The van der Waals surface area contributed by atoms with Gasteiger partial charge in [0.2, 0.25) is 15.9 Å². The summed E-state index contributed by atoms with van der Waals surface area (Å²) in [5, 5.41) is 14.5. The Morgan fingerprint density at radius 3 is 2.38 bits per heavy atom. The van der Waals surface area contributed by atoms with Gasteiger partial charge in [-0.05, 0) is 36.8 Å². The molecular formula is C22H26N4O5S. The summed E-state index contributed by atoms with van der Waals surface area (Å²) in [6.07, 6.45) is 1.71. The van der Waals surface area contributed by atoms with E-state index in [0.717, 1.165) is 11.1 Å². The number of nitrogens with zero attached hydrogens (tertiary/aromatic N) is 3. The summed E-state index contributed by atoms with van der Waals surface area (Å²) in [4.78, 5) is 23.3. The number of nitro groups is 1. The lowest BCUT2D eigenvalue weighted by molar-refractivity contribution is -0.384. The summed E-state index contributed by atoms with van der Waals surface area (Å²) in [6, 6.07) is 12.4. The van der Waals surface area contributed by atoms with E-state index in [4.69, 9.17) is 0 Å². The van der Waals surface area contributed by atoms with E-state index in [9.17, 15) is 23.3 Å². The number of nitro benzene ring substituents is 1. The molecule has 0 spiro atoms. The molecule has 0 aliphatic heterocycles. The van der Waals surface area contributed by atoms with E-state index in [0.29, 0.717) is 18.5 Å². The number of carbonyl (C=O) groups is 1. The smallest absolute Gasteiger partial charge is 0.270 e. The van der Waals surface area contributed by atoms with E-state index in [1.165, 1.54) is 16.4 Å². The standard InChI is InChI=1S/C22H26N4O5S/c1-4-25(5-2)32(30,31)20-9-6-17(7-10-20)16(3)23-22(27)15-24-13-12-18-14-19(26(28)29)8-11-21(18)24/h6-14,16H,4-5,15H2,1-3H3,(H,23,27). The summed E-state index contributed by atoms with van der Waals surface area (Å²) in [5.74, 6) is -0.229. The van der Waals surface area contributed by atoms with Gasteiger partial charge in [0.1, 0.15) is 6.54 Å². The SMILES string of the molecule is CCN(CC)S(=O)(=O)c1ccc(C(C)NC(=O)Cn2ccc3cc([N+](=O)[O-])ccc32)cc1. The third kappa shape index (κ3) is 4.81. The van der Waals surface area contributed by atoms with Crippen LogP contribution in [0.1, 0.15) is 32.4 Å². The van der Waals surface area contributed by atoms with Gasteiger partial charge in [-0.25, -0.2) is 8.42 Å². The second-order valence-electron chi connectivity index (χ2n) is 7.39. The highest BCUT2D eigenvalue weighted by molar-refractivity contribution is 7.89. The third-order valence-corrected chi connectivity index (χ3v) is 7.44. The number of fused-ring (bicyclic) bond motifs is 1. The number of benzene rings is 2. The van der Waals surface area contributed by atoms with Crippen molar-refractivity contribution in [2.45, 2.75) is 38.3 Å². The lowest BCUT2D eigenvalue weighted by Crippen LogP contribution is -2.31. The quantitative estimate of drug-likeness (QED) is 0.390. The van der Waals surface area contributed by atoms with Crippen LogP contribution in [0.25, 0.3) is 10.9 Å². The zero-order chi connectivity index (χ0) is 23.5. The average molecular weight is 459 g/mol. The molecule has 9 nitrogen and oxygen atoms in total. The van der Waals surface area contributed by atoms with Crippen molar-refractivity contribution in [3.05, 3.63) is 70.4 Å². The fourth-order valence-corrected chi connectivity index (χ4v) is 5.06. The summed E-state index contributed by atoms with van der Waals surface area (Å²) in [6.45, 7) is 6.26. The van der Waals surface area contributed by atoms with E-state index in [-0.39, 0.29) is 29.1 Å². The van der Waals surface area contributed by atoms with E-state index in [2.05, 4.69) is 5.32 Å². The first kappa shape index (κ1) is 23.4. The maximum absolute atomic E-state index is 12.6. The van der Waals surface area contributed by atoms with Gasteiger partial charge in [0.05, 0.1) is 15.9 Å². The molecule has 1 N–H and O–H groups in total. The van der Waals surface area contributed by atoms with Gasteiger partial charge in [-0.2, -0.15) is 4.31 Å². The van der Waals surface area contributed by atoms with Crippen molar-refractivity contribution in [3.63, 3.8) is 0 Å². The van der Waals surface area contributed by atoms with Crippen LogP contribution in [-0.2, 0) is 21.4 Å². The largest absolute Gasteiger partial charge is 0.348 e. The van der Waals surface area contributed by atoms with Crippen molar-refractivity contribution in [1.82, 2.24) is 14.2 Å². The maximum Gasteiger partial charge on any atom is 0.270 e. The highest BCUT2D eigenvalue weighted by atomic mass is 32.2. The molecule has 3 rings (SSSR count). The number of hydrogen-bond donors (Lipinski definition) is 1. The Labute approximate surface area is 186 Å². The van der Waals surface area contributed by atoms with Gasteiger partial charge >= 0.3 is 0 Å². The Morgan fingerprint density at radius 1 is 1.12 bits per heavy atom. The molecule has 1 unspecified atom stereocenters. The second kappa shape index (κ2) is 9.49. The van der Waals surface area contributed by atoms with Crippen molar-refractivity contribution in [2.75, 3.05) is 13.1 Å². The number of nitrogens with one attached hydrogen (secondary N) is 1. The molecule has 32 heavy (non-hydrogen) atoms. The van der Waals surface area contributed by atoms with Crippen LogP contribution >= 0.6 is 0 Å². The molecular weight excluding hydrogens is 432 g/mol. The fraction of sp³-hybridized carbons (Fsp3) is 0.318. The molecule has 3 aromatic rings. The molecule has 0 aliphatic carbocycles. The van der Waals surface area contributed by atoms with Crippen molar-refractivity contribution < 1.29 is 18.1 Å². The Morgan fingerprint density at radius 2 is 1.78 bits per heavy atom. The lowest BCUT2D eigenvalue weighted by Gasteiger charge is -2.19. The average Bonchev–Trinajstić information content (AvgIpc) is 3.16. The van der Waals surface area contributed by atoms with Crippen LogP contribution in [0, 0.1) is 10.1 Å². The van der Waals surface area contributed by atoms with Gasteiger partial charge in [-0.15, -0.1) is 0 Å². The zero-order valence-electron chi connectivity index (χ0n) is 18.2. The number of aromatic nitrogens is 1. The van der Waals surface area contributed by atoms with Crippen molar-refractivity contribution in [2.24, 2.45) is 0 Å². The van der Waals surface area contributed by atoms with Gasteiger partial charge in [-0.3, -0.25) is 14.9 Å². The molecule has 10 heteroatoms. The third-order valence-electron chi connectivity index (χ3n) is 5.38. The van der Waals surface area contributed by atoms with Crippen molar-refractivity contribution in [1.29, 1.82) is 0 Å². The highest BCUT2D eigenvalue weighted by Gasteiger charge is 2.22. The predicted octanol–water partition coefficient (Wildman–Crippen LogP) is 3.46. The maximum atomic E-state index is 12.6. The number of amides is 1. The lowest BCUT2D eigenvalue weighted by atomic mass is 10.1. The Bertz CT molecular complexity index is 1230. The van der Waals surface area contributed by atoms with E-state index >= 15 is 0 Å². The van der Waals surface area contributed by atoms with Crippen molar-refractivity contribution in [3.8, 4) is 0 Å². The number of carbonyl (C=O) groups excluding carboxylic acids is 1. The molecule has 0 aliphatic rings. The Kier molecular flexibility index (Phi) is 6.95. The van der Waals surface area contributed by atoms with Crippen molar-refractivity contribution >= 4 is 32.5 Å². The molecule has 0 saturated heterocycles. The van der Waals surface area contributed by atoms with Gasteiger partial charge < -0.3 is 9.88 Å². The fourth-order valence-electron chi connectivity index (χ4n) is 3.61. The first-order chi connectivity index (χ1) is 15.2. The topological polar surface area (TPSA) is 115 Å². The first-order valence-electron chi connectivity index (χ1n) is 10.3. The molecule has 0 bridgehead atoms. The Hall–Kier alpha value is -3.24. The zero-order valence-corrected chi connectivity index (χ0v) is 19.0. The van der Waals surface area contributed by atoms with Gasteiger partial charge in [0.15, 0.2) is 0 Å². The van der Waals surface area contributed by atoms with Crippen LogP contribution in [-0.4, -0.2) is 41.2 Å². The van der Waals surface area contributed by atoms with Gasteiger partial charge in [0, 0.05) is 42.3 Å². The number of rotatable bonds is 9. The summed E-state index contributed by atoms with van der Waals surface area (Å²) in [7, 11) is -3.53. The summed E-state index contributed by atoms with van der Waals surface area (Å²) in [5.41, 5.74) is 1.51. The van der Waals surface area contributed by atoms with E-state index in [1.807, 2.05) is 6.92 Å². The number of sulfonamides is 1. The molecule has 1 atom stereocenters. The van der Waals surface area contributed by atoms with Crippen LogP contribution in [0.5, 0.6) is 0 Å². The second-order valence-corrected chi connectivity index (χ2v) is 9.33. The van der Waals surface area contributed by atoms with Crippen LogP contribution in [0.2, 0.25) is 0 Å². The molecule has 0 saturated carbocycles. The van der Waals surface area contributed by atoms with Gasteiger partial charge in [0.25, 0.3) is 5.69 Å². The van der Waals surface area contributed by atoms with Crippen LogP contribution in [0.15, 0.2) is 59.6 Å². The molecule has 1 heterocycles. The highest BCUT2D eigenvalue weighted by Crippen LogP contribution is 2.22. The molecule has 0 fully saturated rings. The minimum Gasteiger partial charge on any atom is -0.348 e. The van der Waals surface area contributed by atoms with Crippen LogP contribution in [0.4, 0.5) is 5.69 Å². The molecule has 2 aromatic carbocycles. The Balaban J connectivity index is 1.68. The van der Waals surface area contributed by atoms with E-state index in [1.54, 1.807) is 61.0 Å². The van der Waals surface area contributed by atoms with E-state index < -0.39 is 14.9 Å². The minimum atomic E-state index is -3.53. The van der Waals surface area contributed by atoms with Crippen LogP contribution < -0.4 is 5.32 Å². The number of non-ortho nitro benzene ring substituents is 1. The molecule has 170 valence electrons. The molecule has 1 aromatic heterocycles. The summed E-state index contributed by atoms with van der Waals surface area (Å²) < 4.78 is 28.3.